The minimum Gasteiger partial charge on any atom is -0.411 e. The summed E-state index contributed by atoms with van der Waals surface area (Å²) >= 11 is 0. The van der Waals surface area contributed by atoms with Gasteiger partial charge in [-0.3, -0.25) is 0 Å². The van der Waals surface area contributed by atoms with Crippen molar-refractivity contribution in [2.45, 2.75) is 18.6 Å². The predicted molar refractivity (Wildman–Crippen MR) is 58.5 cm³/mol. The van der Waals surface area contributed by atoms with Crippen LogP contribution in [0.1, 0.15) is 23.7 Å². The molecule has 1 aromatic carbocycles. The molecule has 0 heterocycles. The van der Waals surface area contributed by atoms with Crippen LogP contribution in [0.4, 0.5) is 0 Å². The Kier molecular flexibility index (Phi) is 4.91. The van der Waals surface area contributed by atoms with Gasteiger partial charge in [0.1, 0.15) is 6.10 Å². The maximum Gasteiger partial charge on any atom is 0.105 e. The zero-order valence-corrected chi connectivity index (χ0v) is 8.69. The van der Waals surface area contributed by atoms with Crippen molar-refractivity contribution in [3.05, 3.63) is 35.4 Å². The molecule has 0 aliphatic carbocycles. The molecule has 1 rings (SSSR count). The first kappa shape index (κ1) is 12.6. The van der Waals surface area contributed by atoms with Crippen LogP contribution in [-0.4, -0.2) is 39.5 Å². The van der Waals surface area contributed by atoms with Gasteiger partial charge in [-0.15, -0.1) is 0 Å². The van der Waals surface area contributed by atoms with Crippen molar-refractivity contribution in [1.29, 1.82) is 0 Å². The van der Waals surface area contributed by atoms with E-state index >= 15 is 0 Å². The summed E-state index contributed by atoms with van der Waals surface area (Å²) in [5, 5.41) is 39.1. The van der Waals surface area contributed by atoms with Crippen LogP contribution in [0, 0.1) is 0 Å². The van der Waals surface area contributed by atoms with Gasteiger partial charge in [0.05, 0.1) is 12.3 Å². The average Bonchev–Trinajstić information content (AvgIpc) is 2.29. The van der Waals surface area contributed by atoms with Gasteiger partial charge in [-0.25, -0.2) is 0 Å². The lowest BCUT2D eigenvalue weighted by Gasteiger charge is -2.17. The summed E-state index contributed by atoms with van der Waals surface area (Å²) in [6, 6.07) is 6.64. The van der Waals surface area contributed by atoms with E-state index in [4.69, 9.17) is 10.3 Å². The molecule has 5 nitrogen and oxygen atoms in total. The number of oxime groups is 1. The van der Waals surface area contributed by atoms with Gasteiger partial charge in [-0.05, 0) is 23.6 Å². The SMILES string of the molecule is OCCC(O)C(O)c1cccc(C=NO)c1. The number of nitrogens with zero attached hydrogens (tertiary/aromatic N) is 1. The minimum absolute atomic E-state index is 0.111. The molecule has 0 saturated carbocycles. The molecular formula is C11H15NO4. The van der Waals surface area contributed by atoms with Crippen LogP contribution in [0.5, 0.6) is 0 Å². The quantitative estimate of drug-likeness (QED) is 0.329. The van der Waals surface area contributed by atoms with E-state index in [-0.39, 0.29) is 13.0 Å². The molecule has 16 heavy (non-hydrogen) atoms. The van der Waals surface area contributed by atoms with Crippen molar-refractivity contribution >= 4 is 6.21 Å². The lowest BCUT2D eigenvalue weighted by Crippen LogP contribution is -2.19. The van der Waals surface area contributed by atoms with Crippen molar-refractivity contribution < 1.29 is 20.5 Å². The van der Waals surface area contributed by atoms with E-state index in [0.29, 0.717) is 11.1 Å². The molecule has 2 unspecified atom stereocenters. The van der Waals surface area contributed by atoms with E-state index < -0.39 is 12.2 Å². The Bertz CT molecular complexity index is 354. The zero-order valence-electron chi connectivity index (χ0n) is 8.69. The number of benzene rings is 1. The fraction of sp³-hybridized carbons (Fsp3) is 0.364. The van der Waals surface area contributed by atoms with Crippen molar-refractivity contribution in [1.82, 2.24) is 0 Å². The molecule has 0 amide bonds. The number of aliphatic hydroxyl groups is 3. The van der Waals surface area contributed by atoms with Crippen LogP contribution in [-0.2, 0) is 0 Å². The highest BCUT2D eigenvalue weighted by Gasteiger charge is 2.17. The molecule has 0 saturated heterocycles. The first-order chi connectivity index (χ1) is 7.69. The Labute approximate surface area is 93.3 Å². The topological polar surface area (TPSA) is 93.3 Å². The molecule has 0 aliphatic rings. The maximum atomic E-state index is 9.74. The van der Waals surface area contributed by atoms with Crippen LogP contribution in [0.3, 0.4) is 0 Å². The first-order valence-corrected chi connectivity index (χ1v) is 4.93. The number of hydrogen-bond acceptors (Lipinski definition) is 5. The van der Waals surface area contributed by atoms with Crippen LogP contribution < -0.4 is 0 Å². The summed E-state index contributed by atoms with van der Waals surface area (Å²) in [7, 11) is 0. The molecule has 0 spiro atoms. The molecule has 4 N–H and O–H groups in total. The Morgan fingerprint density at radius 3 is 2.69 bits per heavy atom. The normalized spacial score (nSPS) is 15.2. The Morgan fingerprint density at radius 2 is 2.06 bits per heavy atom. The van der Waals surface area contributed by atoms with Gasteiger partial charge in [0.15, 0.2) is 0 Å². The molecule has 0 bridgehead atoms. The molecule has 2 atom stereocenters. The number of rotatable bonds is 5. The highest BCUT2D eigenvalue weighted by molar-refractivity contribution is 5.79. The Hall–Kier alpha value is -1.43. The smallest absolute Gasteiger partial charge is 0.105 e. The van der Waals surface area contributed by atoms with Gasteiger partial charge in [0.2, 0.25) is 0 Å². The lowest BCUT2D eigenvalue weighted by molar-refractivity contribution is 0.00421. The van der Waals surface area contributed by atoms with Gasteiger partial charge in [-0.1, -0.05) is 23.4 Å². The summed E-state index contributed by atoms with van der Waals surface area (Å²) in [6.07, 6.45) is -0.723. The van der Waals surface area contributed by atoms with E-state index in [1.54, 1.807) is 24.3 Å². The molecule has 0 radical (unpaired) electrons. The summed E-state index contributed by atoms with van der Waals surface area (Å²) in [6.45, 7) is -0.185. The van der Waals surface area contributed by atoms with E-state index in [1.807, 2.05) is 0 Å². The fourth-order valence-corrected chi connectivity index (χ4v) is 1.40. The van der Waals surface area contributed by atoms with E-state index in [1.165, 1.54) is 6.21 Å². The van der Waals surface area contributed by atoms with Crippen LogP contribution in [0.15, 0.2) is 29.4 Å². The van der Waals surface area contributed by atoms with E-state index in [9.17, 15) is 10.2 Å². The minimum atomic E-state index is -1.06. The van der Waals surface area contributed by atoms with Crippen LogP contribution in [0.25, 0.3) is 0 Å². The molecule has 0 aromatic heterocycles. The van der Waals surface area contributed by atoms with Gasteiger partial charge >= 0.3 is 0 Å². The highest BCUT2D eigenvalue weighted by atomic mass is 16.4. The third-order valence-corrected chi connectivity index (χ3v) is 2.25. The second-order valence-corrected chi connectivity index (χ2v) is 3.44. The molecule has 5 heteroatoms. The fourth-order valence-electron chi connectivity index (χ4n) is 1.40. The largest absolute Gasteiger partial charge is 0.411 e. The summed E-state index contributed by atoms with van der Waals surface area (Å²) in [4.78, 5) is 0. The van der Waals surface area contributed by atoms with Gasteiger partial charge in [0, 0.05) is 6.61 Å². The standard InChI is InChI=1S/C11H15NO4/c13-5-4-10(14)11(15)9-3-1-2-8(6-9)7-12-16/h1-3,6-7,10-11,13-16H,4-5H2. The van der Waals surface area contributed by atoms with Gasteiger partial charge in [-0.2, -0.15) is 0 Å². The van der Waals surface area contributed by atoms with Gasteiger partial charge in [0.25, 0.3) is 0 Å². The van der Waals surface area contributed by atoms with Gasteiger partial charge < -0.3 is 20.5 Å². The third kappa shape index (κ3) is 3.30. The number of aliphatic hydroxyl groups excluding tert-OH is 3. The Morgan fingerprint density at radius 1 is 1.31 bits per heavy atom. The highest BCUT2D eigenvalue weighted by Crippen LogP contribution is 2.19. The second kappa shape index (κ2) is 6.22. The molecule has 0 aliphatic heterocycles. The molecular weight excluding hydrogens is 210 g/mol. The van der Waals surface area contributed by atoms with Crippen LogP contribution in [0.2, 0.25) is 0 Å². The monoisotopic (exact) mass is 225 g/mol. The Balaban J connectivity index is 2.82. The third-order valence-electron chi connectivity index (χ3n) is 2.25. The van der Waals surface area contributed by atoms with E-state index in [2.05, 4.69) is 5.16 Å². The van der Waals surface area contributed by atoms with Crippen LogP contribution >= 0.6 is 0 Å². The zero-order chi connectivity index (χ0) is 12.0. The summed E-state index contributed by atoms with van der Waals surface area (Å²) < 4.78 is 0. The lowest BCUT2D eigenvalue weighted by atomic mass is 10.0. The van der Waals surface area contributed by atoms with Crippen molar-refractivity contribution in [3.8, 4) is 0 Å². The summed E-state index contributed by atoms with van der Waals surface area (Å²) in [5.74, 6) is 0. The van der Waals surface area contributed by atoms with Crippen molar-refractivity contribution in [2.24, 2.45) is 5.16 Å². The second-order valence-electron chi connectivity index (χ2n) is 3.44. The predicted octanol–water partition coefficient (Wildman–Crippen LogP) is 0.271. The van der Waals surface area contributed by atoms with Crippen molar-refractivity contribution in [2.75, 3.05) is 6.61 Å². The summed E-state index contributed by atoms with van der Waals surface area (Å²) in [5.41, 5.74) is 1.13. The number of hydrogen-bond donors (Lipinski definition) is 4. The average molecular weight is 225 g/mol. The van der Waals surface area contributed by atoms with Crippen molar-refractivity contribution in [3.63, 3.8) is 0 Å². The molecule has 1 aromatic rings. The molecule has 88 valence electrons. The maximum absolute atomic E-state index is 9.74. The van der Waals surface area contributed by atoms with E-state index in [0.717, 1.165) is 0 Å². The first-order valence-electron chi connectivity index (χ1n) is 4.93. The molecule has 0 fully saturated rings.